The van der Waals surface area contributed by atoms with Crippen LogP contribution in [0, 0.1) is 17.5 Å². The van der Waals surface area contributed by atoms with Gasteiger partial charge in [-0.15, -0.1) is 11.8 Å². The van der Waals surface area contributed by atoms with Crippen LogP contribution in [0.1, 0.15) is 6.92 Å². The first kappa shape index (κ1) is 15.4. The van der Waals surface area contributed by atoms with Crippen LogP contribution in [-0.4, -0.2) is 11.2 Å². The number of anilines is 1. The first-order valence-electron chi connectivity index (χ1n) is 6.14. The van der Waals surface area contributed by atoms with E-state index in [0.717, 1.165) is 18.2 Å². The normalized spacial score (nSPS) is 12.0. The number of amides is 1. The van der Waals surface area contributed by atoms with Crippen LogP contribution in [-0.2, 0) is 4.79 Å². The van der Waals surface area contributed by atoms with Gasteiger partial charge in [0, 0.05) is 11.0 Å². The molecule has 2 aromatic rings. The number of nitrogens with one attached hydrogen (secondary N) is 1. The zero-order valence-corrected chi connectivity index (χ0v) is 11.9. The third-order valence-corrected chi connectivity index (χ3v) is 3.79. The van der Waals surface area contributed by atoms with Gasteiger partial charge < -0.3 is 5.32 Å². The summed E-state index contributed by atoms with van der Waals surface area (Å²) < 4.78 is 39.2. The molecule has 6 heteroatoms. The molecular formula is C15H12F3NOS. The number of carbonyl (C=O) groups excluding carboxylic acids is 1. The van der Waals surface area contributed by atoms with E-state index < -0.39 is 22.8 Å². The third kappa shape index (κ3) is 4.26. The van der Waals surface area contributed by atoms with Crippen LogP contribution in [0.3, 0.4) is 0 Å². The maximum absolute atomic E-state index is 13.4. The minimum Gasteiger partial charge on any atom is -0.323 e. The van der Waals surface area contributed by atoms with E-state index in [-0.39, 0.29) is 11.5 Å². The third-order valence-electron chi connectivity index (χ3n) is 2.68. The lowest BCUT2D eigenvalue weighted by Gasteiger charge is -2.12. The Morgan fingerprint density at radius 1 is 1.05 bits per heavy atom. The topological polar surface area (TPSA) is 29.1 Å². The molecule has 2 nitrogen and oxygen atoms in total. The smallest absolute Gasteiger partial charge is 0.237 e. The van der Waals surface area contributed by atoms with Gasteiger partial charge >= 0.3 is 0 Å². The average molecular weight is 311 g/mol. The molecule has 0 saturated carbocycles. The summed E-state index contributed by atoms with van der Waals surface area (Å²) in [5, 5.41) is 1.79. The molecule has 0 aromatic heterocycles. The monoisotopic (exact) mass is 311 g/mol. The van der Waals surface area contributed by atoms with E-state index in [1.165, 1.54) is 23.9 Å². The van der Waals surface area contributed by atoms with E-state index in [4.69, 9.17) is 0 Å². The molecule has 0 aliphatic heterocycles. The van der Waals surface area contributed by atoms with E-state index in [2.05, 4.69) is 5.32 Å². The van der Waals surface area contributed by atoms with Gasteiger partial charge in [-0.3, -0.25) is 4.79 Å². The second-order valence-corrected chi connectivity index (χ2v) is 5.74. The van der Waals surface area contributed by atoms with Crippen molar-refractivity contribution < 1.29 is 18.0 Å². The lowest BCUT2D eigenvalue weighted by atomic mass is 10.3. The Balaban J connectivity index is 2.02. The zero-order chi connectivity index (χ0) is 15.4. The van der Waals surface area contributed by atoms with Crippen molar-refractivity contribution in [2.24, 2.45) is 0 Å². The van der Waals surface area contributed by atoms with Gasteiger partial charge in [0.25, 0.3) is 0 Å². The molecule has 110 valence electrons. The predicted molar refractivity (Wildman–Crippen MR) is 76.7 cm³/mol. The number of halogens is 3. The van der Waals surface area contributed by atoms with Crippen molar-refractivity contribution in [2.75, 3.05) is 5.32 Å². The lowest BCUT2D eigenvalue weighted by molar-refractivity contribution is -0.115. The Hall–Kier alpha value is -1.95. The Morgan fingerprint density at radius 2 is 1.67 bits per heavy atom. The number of hydrogen-bond acceptors (Lipinski definition) is 2. The van der Waals surface area contributed by atoms with Gasteiger partial charge in [-0.1, -0.05) is 0 Å². The maximum atomic E-state index is 13.4. The first-order chi connectivity index (χ1) is 9.95. The van der Waals surface area contributed by atoms with Gasteiger partial charge in [-0.2, -0.15) is 0 Å². The molecule has 1 amide bonds. The summed E-state index contributed by atoms with van der Waals surface area (Å²) >= 11 is 1.19. The molecule has 0 heterocycles. The van der Waals surface area contributed by atoms with Gasteiger partial charge in [0.1, 0.15) is 17.5 Å². The van der Waals surface area contributed by atoms with E-state index in [9.17, 15) is 18.0 Å². The molecule has 0 saturated heterocycles. The Labute approximate surface area is 124 Å². The molecule has 1 atom stereocenters. The summed E-state index contributed by atoms with van der Waals surface area (Å²) in [6.45, 7) is 1.63. The van der Waals surface area contributed by atoms with Crippen LogP contribution in [0.25, 0.3) is 0 Å². The molecule has 2 aromatic carbocycles. The number of rotatable bonds is 4. The quantitative estimate of drug-likeness (QED) is 0.856. The Bertz CT molecular complexity index is 646. The van der Waals surface area contributed by atoms with Crippen LogP contribution < -0.4 is 5.32 Å². The molecule has 0 radical (unpaired) electrons. The van der Waals surface area contributed by atoms with Gasteiger partial charge in [-0.05, 0) is 43.3 Å². The van der Waals surface area contributed by atoms with Crippen molar-refractivity contribution in [1.82, 2.24) is 0 Å². The lowest BCUT2D eigenvalue weighted by Crippen LogP contribution is -2.23. The van der Waals surface area contributed by atoms with Crippen LogP contribution in [0.5, 0.6) is 0 Å². The first-order valence-corrected chi connectivity index (χ1v) is 7.02. The summed E-state index contributed by atoms with van der Waals surface area (Å²) in [6, 6.07) is 8.52. The number of benzene rings is 2. The van der Waals surface area contributed by atoms with Gasteiger partial charge in [0.05, 0.1) is 10.9 Å². The standard InChI is InChI=1S/C15H12F3NOS/c1-9(21-12-5-2-10(16)3-6-12)15(20)19-14-8-11(17)4-7-13(14)18/h2-9H,1H3,(H,19,20). The second kappa shape index (κ2) is 6.67. The van der Waals surface area contributed by atoms with E-state index in [1.54, 1.807) is 19.1 Å². The highest BCUT2D eigenvalue weighted by molar-refractivity contribution is 8.00. The van der Waals surface area contributed by atoms with E-state index in [0.29, 0.717) is 4.90 Å². The van der Waals surface area contributed by atoms with Crippen molar-refractivity contribution in [2.45, 2.75) is 17.1 Å². The highest BCUT2D eigenvalue weighted by Gasteiger charge is 2.16. The molecule has 1 unspecified atom stereocenters. The second-order valence-electron chi connectivity index (χ2n) is 4.33. The SMILES string of the molecule is CC(Sc1ccc(F)cc1)C(=O)Nc1cc(F)ccc1F. The fourth-order valence-electron chi connectivity index (χ4n) is 1.60. The summed E-state index contributed by atoms with van der Waals surface area (Å²) in [7, 11) is 0. The molecule has 0 bridgehead atoms. The van der Waals surface area contributed by atoms with Crippen molar-refractivity contribution in [1.29, 1.82) is 0 Å². The maximum Gasteiger partial charge on any atom is 0.237 e. The predicted octanol–water partition coefficient (Wildman–Crippen LogP) is 4.22. The van der Waals surface area contributed by atoms with Crippen LogP contribution in [0.15, 0.2) is 47.4 Å². The molecule has 2 rings (SSSR count). The van der Waals surface area contributed by atoms with E-state index >= 15 is 0 Å². The van der Waals surface area contributed by atoms with Crippen molar-refractivity contribution >= 4 is 23.4 Å². The summed E-state index contributed by atoms with van der Waals surface area (Å²) in [6.07, 6.45) is 0. The summed E-state index contributed by atoms with van der Waals surface area (Å²) in [4.78, 5) is 12.7. The number of thioether (sulfide) groups is 1. The fraction of sp³-hybridized carbons (Fsp3) is 0.133. The largest absolute Gasteiger partial charge is 0.323 e. The van der Waals surface area contributed by atoms with Crippen LogP contribution in [0.4, 0.5) is 18.9 Å². The van der Waals surface area contributed by atoms with Gasteiger partial charge in [0.15, 0.2) is 0 Å². The van der Waals surface area contributed by atoms with Crippen molar-refractivity contribution in [3.8, 4) is 0 Å². The molecule has 0 aliphatic carbocycles. The average Bonchev–Trinajstić information content (AvgIpc) is 2.45. The Morgan fingerprint density at radius 3 is 2.33 bits per heavy atom. The minimum absolute atomic E-state index is 0.202. The molecule has 0 spiro atoms. The van der Waals surface area contributed by atoms with Crippen molar-refractivity contribution in [3.05, 3.63) is 59.9 Å². The van der Waals surface area contributed by atoms with Crippen molar-refractivity contribution in [3.63, 3.8) is 0 Å². The number of carbonyl (C=O) groups is 1. The van der Waals surface area contributed by atoms with Gasteiger partial charge in [0.2, 0.25) is 5.91 Å². The minimum atomic E-state index is -0.705. The highest BCUT2D eigenvalue weighted by atomic mass is 32.2. The molecule has 1 N–H and O–H groups in total. The van der Waals surface area contributed by atoms with Gasteiger partial charge in [-0.25, -0.2) is 13.2 Å². The zero-order valence-electron chi connectivity index (χ0n) is 11.1. The highest BCUT2D eigenvalue weighted by Crippen LogP contribution is 2.25. The number of hydrogen-bond donors (Lipinski definition) is 1. The summed E-state index contributed by atoms with van der Waals surface area (Å²) in [5.41, 5.74) is -0.202. The van der Waals surface area contributed by atoms with Crippen LogP contribution >= 0.6 is 11.8 Å². The molecule has 0 aliphatic rings. The molecular weight excluding hydrogens is 299 g/mol. The molecule has 0 fully saturated rings. The fourth-order valence-corrected chi connectivity index (χ4v) is 2.47. The van der Waals surface area contributed by atoms with E-state index in [1.807, 2.05) is 0 Å². The summed E-state index contributed by atoms with van der Waals surface area (Å²) in [5.74, 6) is -2.17. The Kier molecular flexibility index (Phi) is 4.90. The van der Waals surface area contributed by atoms with Crippen LogP contribution in [0.2, 0.25) is 0 Å². The molecule has 21 heavy (non-hydrogen) atoms.